The van der Waals surface area contributed by atoms with E-state index in [1.165, 1.54) is 31.2 Å². The number of carbonyl (C=O) groups is 3. The molecule has 6 heteroatoms. The minimum Gasteiger partial charge on any atom is -0.508 e. The summed E-state index contributed by atoms with van der Waals surface area (Å²) < 4.78 is 0. The predicted octanol–water partition coefficient (Wildman–Crippen LogP) is 2.39. The van der Waals surface area contributed by atoms with Gasteiger partial charge >= 0.3 is 0 Å². The summed E-state index contributed by atoms with van der Waals surface area (Å²) in [4.78, 5) is 39.0. The Balaban J connectivity index is 2.18. The van der Waals surface area contributed by atoms with Crippen LogP contribution >= 0.6 is 0 Å². The molecule has 0 radical (unpaired) electrons. The van der Waals surface area contributed by atoms with Crippen molar-refractivity contribution < 1.29 is 24.6 Å². The Morgan fingerprint density at radius 1 is 1.11 bits per heavy atom. The maximum absolute atomic E-state index is 13.6. The van der Waals surface area contributed by atoms with Crippen molar-refractivity contribution in [3.63, 3.8) is 0 Å². The van der Waals surface area contributed by atoms with Crippen molar-refractivity contribution in [1.29, 1.82) is 0 Å². The lowest BCUT2D eigenvalue weighted by atomic mass is 9.62. The molecule has 2 aliphatic rings. The van der Waals surface area contributed by atoms with Gasteiger partial charge in [0.25, 0.3) is 0 Å². The highest BCUT2D eigenvalue weighted by Gasteiger charge is 2.58. The lowest BCUT2D eigenvalue weighted by Crippen LogP contribution is -2.45. The van der Waals surface area contributed by atoms with Crippen molar-refractivity contribution >= 4 is 23.0 Å². The van der Waals surface area contributed by atoms with Crippen LogP contribution in [0.15, 0.2) is 35.9 Å². The van der Waals surface area contributed by atoms with Crippen molar-refractivity contribution in [2.24, 2.45) is 5.73 Å². The van der Waals surface area contributed by atoms with Crippen molar-refractivity contribution in [2.45, 2.75) is 25.7 Å². The van der Waals surface area contributed by atoms with Crippen LogP contribution in [0.3, 0.4) is 0 Å². The molecule has 2 aliphatic carbocycles. The first-order valence-corrected chi connectivity index (χ1v) is 8.45. The molecule has 0 saturated carbocycles. The second kappa shape index (κ2) is 5.30. The maximum atomic E-state index is 13.6. The second-order valence-corrected chi connectivity index (χ2v) is 7.14. The van der Waals surface area contributed by atoms with E-state index in [-0.39, 0.29) is 51.7 Å². The zero-order valence-corrected chi connectivity index (χ0v) is 14.8. The largest absolute Gasteiger partial charge is 0.508 e. The number of hydrogen-bond acceptors (Lipinski definition) is 6. The molecule has 2 aromatic rings. The number of hydrogen-bond donors (Lipinski definition) is 3. The minimum absolute atomic E-state index is 0.0191. The van der Waals surface area contributed by atoms with Crippen LogP contribution in [0.4, 0.5) is 0 Å². The SMILES string of the molecule is CC(=O)C[C@]12C(=O)c3cccc(O)c3C(=O)C1=C(N)c1cc(C)cc(O)c12. The Hall–Kier alpha value is -3.41. The molecule has 2 aromatic carbocycles. The summed E-state index contributed by atoms with van der Waals surface area (Å²) >= 11 is 0. The van der Waals surface area contributed by atoms with E-state index in [1.807, 2.05) is 0 Å². The van der Waals surface area contributed by atoms with Gasteiger partial charge in [0.2, 0.25) is 0 Å². The summed E-state index contributed by atoms with van der Waals surface area (Å²) in [5.41, 5.74) is 5.74. The number of fused-ring (bicyclic) bond motifs is 4. The molecule has 0 heterocycles. The Morgan fingerprint density at radius 3 is 2.48 bits per heavy atom. The van der Waals surface area contributed by atoms with E-state index in [9.17, 15) is 24.6 Å². The standard InChI is InChI=1S/C21H17NO5/c1-9-6-12-16(14(25)7-9)21(8-10(2)23)17(18(12)22)19(26)15-11(20(21)27)4-3-5-13(15)24/h3-7,24-25H,8,22H2,1-2H3/t21-/m1/s1. The fourth-order valence-electron chi connectivity index (χ4n) is 4.41. The van der Waals surface area contributed by atoms with Gasteiger partial charge in [0.1, 0.15) is 22.7 Å². The zero-order valence-electron chi connectivity index (χ0n) is 14.8. The number of nitrogens with two attached hydrogens (primary N) is 1. The summed E-state index contributed by atoms with van der Waals surface area (Å²) in [7, 11) is 0. The molecule has 1 atom stereocenters. The summed E-state index contributed by atoms with van der Waals surface area (Å²) in [5.74, 6) is -1.96. The monoisotopic (exact) mass is 363 g/mol. The number of ketones is 3. The fourth-order valence-corrected chi connectivity index (χ4v) is 4.41. The van der Waals surface area contributed by atoms with E-state index in [0.29, 0.717) is 11.1 Å². The molecule has 0 unspecified atom stereocenters. The number of rotatable bonds is 2. The Labute approximate surface area is 154 Å². The van der Waals surface area contributed by atoms with Gasteiger partial charge in [-0.2, -0.15) is 0 Å². The zero-order chi connectivity index (χ0) is 19.7. The summed E-state index contributed by atoms with van der Waals surface area (Å²) in [6.45, 7) is 3.07. The average Bonchev–Trinajstić information content (AvgIpc) is 2.82. The molecule has 4 N–H and O–H groups in total. The first kappa shape index (κ1) is 17.0. The third-order valence-corrected chi connectivity index (χ3v) is 5.32. The van der Waals surface area contributed by atoms with Gasteiger partial charge in [-0.3, -0.25) is 14.4 Å². The van der Waals surface area contributed by atoms with Gasteiger partial charge in [0.05, 0.1) is 5.56 Å². The minimum atomic E-state index is -1.68. The molecule has 0 spiro atoms. The smallest absolute Gasteiger partial charge is 0.196 e. The Bertz CT molecular complexity index is 1110. The lowest BCUT2D eigenvalue weighted by molar-refractivity contribution is -0.117. The topological polar surface area (TPSA) is 118 Å². The quantitative estimate of drug-likeness (QED) is 0.754. The van der Waals surface area contributed by atoms with E-state index < -0.39 is 17.0 Å². The summed E-state index contributed by atoms with van der Waals surface area (Å²) in [6, 6.07) is 7.38. The highest BCUT2D eigenvalue weighted by atomic mass is 16.3. The third-order valence-electron chi connectivity index (χ3n) is 5.32. The second-order valence-electron chi connectivity index (χ2n) is 7.14. The fraction of sp³-hybridized carbons (Fsp3) is 0.190. The third kappa shape index (κ3) is 1.98. The van der Waals surface area contributed by atoms with Crippen LogP contribution in [0.2, 0.25) is 0 Å². The van der Waals surface area contributed by atoms with E-state index in [4.69, 9.17) is 5.73 Å². The van der Waals surface area contributed by atoms with Crippen LogP contribution in [0.5, 0.6) is 11.5 Å². The average molecular weight is 363 g/mol. The number of benzene rings is 2. The van der Waals surface area contributed by atoms with Crippen LogP contribution in [-0.2, 0) is 10.2 Å². The number of Topliss-reactive ketones (excluding diaryl/α,β-unsaturated/α-hetero) is 3. The van der Waals surface area contributed by atoms with Gasteiger partial charge in [-0.25, -0.2) is 0 Å². The van der Waals surface area contributed by atoms with Crippen LogP contribution in [-0.4, -0.2) is 27.6 Å². The molecule has 0 fully saturated rings. The molecular weight excluding hydrogens is 346 g/mol. The Morgan fingerprint density at radius 2 is 1.81 bits per heavy atom. The number of carbonyl (C=O) groups excluding carboxylic acids is 3. The lowest BCUT2D eigenvalue weighted by Gasteiger charge is -2.35. The van der Waals surface area contributed by atoms with E-state index in [0.717, 1.165) is 0 Å². The number of phenols is 2. The first-order valence-electron chi connectivity index (χ1n) is 8.45. The van der Waals surface area contributed by atoms with E-state index in [1.54, 1.807) is 13.0 Å². The molecule has 0 saturated heterocycles. The van der Waals surface area contributed by atoms with E-state index >= 15 is 0 Å². The van der Waals surface area contributed by atoms with E-state index in [2.05, 4.69) is 0 Å². The van der Waals surface area contributed by atoms with Gasteiger partial charge in [0.15, 0.2) is 11.6 Å². The molecule has 0 bridgehead atoms. The van der Waals surface area contributed by atoms with Crippen LogP contribution in [0.25, 0.3) is 5.70 Å². The van der Waals surface area contributed by atoms with Crippen LogP contribution in [0, 0.1) is 6.92 Å². The van der Waals surface area contributed by atoms with Gasteiger partial charge in [-0.05, 0) is 37.6 Å². The molecule has 27 heavy (non-hydrogen) atoms. The van der Waals surface area contributed by atoms with Gasteiger partial charge < -0.3 is 15.9 Å². The molecule has 0 aromatic heterocycles. The van der Waals surface area contributed by atoms with Crippen LogP contribution in [0.1, 0.15) is 50.8 Å². The highest BCUT2D eigenvalue weighted by molar-refractivity contribution is 6.33. The predicted molar refractivity (Wildman–Crippen MR) is 97.7 cm³/mol. The number of allylic oxidation sites excluding steroid dienone is 1. The molecule has 6 nitrogen and oxygen atoms in total. The van der Waals surface area contributed by atoms with Crippen molar-refractivity contribution in [2.75, 3.05) is 0 Å². The molecule has 4 rings (SSSR count). The van der Waals surface area contributed by atoms with Gasteiger partial charge in [-0.15, -0.1) is 0 Å². The van der Waals surface area contributed by atoms with Crippen molar-refractivity contribution in [3.05, 3.63) is 63.7 Å². The van der Waals surface area contributed by atoms with Crippen molar-refractivity contribution in [3.8, 4) is 11.5 Å². The molecule has 0 aliphatic heterocycles. The number of aryl methyl sites for hydroxylation is 1. The van der Waals surface area contributed by atoms with Crippen molar-refractivity contribution in [1.82, 2.24) is 0 Å². The van der Waals surface area contributed by atoms with Gasteiger partial charge in [0, 0.05) is 34.4 Å². The molecular formula is C21H17NO5. The van der Waals surface area contributed by atoms with Gasteiger partial charge in [-0.1, -0.05) is 12.1 Å². The number of phenolic OH excluding ortho intramolecular Hbond substituents is 2. The maximum Gasteiger partial charge on any atom is 0.196 e. The van der Waals surface area contributed by atoms with Crippen LogP contribution < -0.4 is 5.73 Å². The Kier molecular flexibility index (Phi) is 3.34. The number of aromatic hydroxyl groups is 2. The molecule has 0 amide bonds. The summed E-state index contributed by atoms with van der Waals surface area (Å²) in [6.07, 6.45) is -0.299. The molecule has 136 valence electrons. The highest BCUT2D eigenvalue weighted by Crippen LogP contribution is 2.56. The summed E-state index contributed by atoms with van der Waals surface area (Å²) in [5, 5.41) is 20.8. The first-order chi connectivity index (χ1) is 12.7. The normalized spacial score (nSPS) is 20.4.